The highest BCUT2D eigenvalue weighted by Crippen LogP contribution is 2.28. The first-order chi connectivity index (χ1) is 20.1. The van der Waals surface area contributed by atoms with Crippen molar-refractivity contribution in [1.82, 2.24) is 20.1 Å². The van der Waals surface area contributed by atoms with E-state index in [4.69, 9.17) is 9.84 Å². The van der Waals surface area contributed by atoms with Crippen molar-refractivity contribution in [2.24, 2.45) is 0 Å². The molecule has 0 saturated heterocycles. The van der Waals surface area contributed by atoms with Gasteiger partial charge in [0.25, 0.3) is 0 Å². The molecule has 6 rings (SSSR count). The highest BCUT2D eigenvalue weighted by atomic mass is 16.5. The number of para-hydroxylation sites is 2. The Hall–Kier alpha value is -5.43. The Bertz CT molecular complexity index is 1880. The van der Waals surface area contributed by atoms with Crippen molar-refractivity contribution < 1.29 is 14.3 Å². The van der Waals surface area contributed by atoms with Crippen molar-refractivity contribution in [2.75, 3.05) is 7.11 Å². The maximum absolute atomic E-state index is 13.1. The van der Waals surface area contributed by atoms with Gasteiger partial charge in [-0.25, -0.2) is 9.48 Å². The lowest BCUT2D eigenvalue weighted by atomic mass is 10.0. The number of carbonyl (C=O) groups excluding carboxylic acids is 2. The van der Waals surface area contributed by atoms with Gasteiger partial charge in [-0.2, -0.15) is 5.10 Å². The quantitative estimate of drug-likeness (QED) is 0.181. The van der Waals surface area contributed by atoms with Crippen LogP contribution in [0.3, 0.4) is 0 Å². The Morgan fingerprint density at radius 1 is 0.951 bits per heavy atom. The van der Waals surface area contributed by atoms with Crippen molar-refractivity contribution in [3.63, 3.8) is 0 Å². The highest BCUT2D eigenvalue weighted by Gasteiger charge is 2.23. The van der Waals surface area contributed by atoms with Crippen LogP contribution in [0.5, 0.6) is 0 Å². The number of amides is 1. The zero-order valence-electron chi connectivity index (χ0n) is 22.5. The van der Waals surface area contributed by atoms with Gasteiger partial charge in [0.2, 0.25) is 5.91 Å². The van der Waals surface area contributed by atoms with Crippen LogP contribution in [0.4, 0.5) is 0 Å². The minimum atomic E-state index is -0.844. The van der Waals surface area contributed by atoms with Crippen molar-refractivity contribution in [3.05, 3.63) is 127 Å². The van der Waals surface area contributed by atoms with E-state index in [0.29, 0.717) is 6.42 Å². The van der Waals surface area contributed by atoms with Crippen LogP contribution in [0.15, 0.2) is 116 Å². The summed E-state index contributed by atoms with van der Waals surface area (Å²) in [6.07, 6.45) is 7.21. The van der Waals surface area contributed by atoms with Gasteiger partial charge in [0, 0.05) is 46.9 Å². The average Bonchev–Trinajstić information content (AvgIpc) is 3.64. The zero-order valence-corrected chi connectivity index (χ0v) is 22.5. The topological polar surface area (TPSA) is 89.0 Å². The molecule has 0 saturated carbocycles. The fourth-order valence-electron chi connectivity index (χ4n) is 5.02. The lowest BCUT2D eigenvalue weighted by molar-refractivity contribution is -0.144. The second kappa shape index (κ2) is 11.4. The molecule has 41 heavy (non-hydrogen) atoms. The summed E-state index contributed by atoms with van der Waals surface area (Å²) in [5.74, 6) is -0.914. The highest BCUT2D eigenvalue weighted by molar-refractivity contribution is 5.96. The summed E-state index contributed by atoms with van der Waals surface area (Å²) in [6.45, 7) is 0. The van der Waals surface area contributed by atoms with Gasteiger partial charge in [-0.15, -0.1) is 0 Å². The van der Waals surface area contributed by atoms with Gasteiger partial charge < -0.3 is 15.0 Å². The molecule has 0 bridgehead atoms. The van der Waals surface area contributed by atoms with E-state index in [0.717, 1.165) is 49.7 Å². The SMILES string of the molecule is COC(=O)[C@H](Cc1c[nH]c2ccccc12)NC(=O)/C=C/c1cn(-c2ccccc2)nc1-c1ccc2ccccc2c1. The van der Waals surface area contributed by atoms with Crippen LogP contribution in [0.1, 0.15) is 11.1 Å². The smallest absolute Gasteiger partial charge is 0.328 e. The molecule has 0 radical (unpaired) electrons. The van der Waals surface area contributed by atoms with Gasteiger partial charge in [-0.3, -0.25) is 4.79 Å². The van der Waals surface area contributed by atoms with Crippen molar-refractivity contribution in [1.29, 1.82) is 0 Å². The molecular formula is C34H28N4O3. The third-order valence-electron chi connectivity index (χ3n) is 7.10. The maximum Gasteiger partial charge on any atom is 0.328 e. The molecule has 202 valence electrons. The monoisotopic (exact) mass is 540 g/mol. The number of rotatable bonds is 8. The van der Waals surface area contributed by atoms with Gasteiger partial charge in [0.1, 0.15) is 6.04 Å². The third kappa shape index (κ3) is 5.51. The Kier molecular flexibility index (Phi) is 7.15. The number of benzene rings is 4. The number of nitrogens with one attached hydrogen (secondary N) is 2. The van der Waals surface area contributed by atoms with Crippen LogP contribution in [0, 0.1) is 0 Å². The van der Waals surface area contributed by atoms with Crippen LogP contribution in [-0.4, -0.2) is 39.8 Å². The standard InChI is InChI=1S/C34H28N4O3/c1-41-34(40)31(20-27-21-35-30-14-8-7-13-29(27)30)36-32(39)18-17-26-22-38(28-11-3-2-4-12-28)37-33(26)25-16-15-23-9-5-6-10-24(23)19-25/h2-19,21-22,31,35H,20H2,1H3,(H,36,39)/b18-17+/t31-/m0/s1. The van der Waals surface area contributed by atoms with Crippen LogP contribution < -0.4 is 5.32 Å². The van der Waals surface area contributed by atoms with Crippen LogP contribution in [-0.2, 0) is 20.7 Å². The number of fused-ring (bicyclic) bond motifs is 2. The zero-order chi connectivity index (χ0) is 28.2. The molecule has 0 aliphatic carbocycles. The lowest BCUT2D eigenvalue weighted by Gasteiger charge is -2.15. The van der Waals surface area contributed by atoms with Crippen LogP contribution >= 0.6 is 0 Å². The number of hydrogen-bond donors (Lipinski definition) is 2. The molecule has 1 amide bonds. The summed E-state index contributed by atoms with van der Waals surface area (Å²) < 4.78 is 6.80. The van der Waals surface area contributed by atoms with E-state index < -0.39 is 17.9 Å². The molecule has 0 fully saturated rings. The lowest BCUT2D eigenvalue weighted by Crippen LogP contribution is -2.42. The summed E-state index contributed by atoms with van der Waals surface area (Å²) in [4.78, 5) is 28.9. The molecule has 2 heterocycles. The molecule has 2 aromatic heterocycles. The third-order valence-corrected chi connectivity index (χ3v) is 7.10. The first kappa shape index (κ1) is 25.8. The van der Waals surface area contributed by atoms with Crippen molar-refractivity contribution in [2.45, 2.75) is 12.5 Å². The molecule has 6 aromatic rings. The average molecular weight is 541 g/mol. The number of H-pyrrole nitrogens is 1. The number of aromatic nitrogens is 3. The molecule has 4 aromatic carbocycles. The fourth-order valence-corrected chi connectivity index (χ4v) is 5.02. The van der Waals surface area contributed by atoms with E-state index in [1.165, 1.54) is 13.2 Å². The molecule has 0 aliphatic heterocycles. The van der Waals surface area contributed by atoms with E-state index in [2.05, 4.69) is 34.6 Å². The maximum atomic E-state index is 13.1. The number of hydrogen-bond acceptors (Lipinski definition) is 4. The van der Waals surface area contributed by atoms with Gasteiger partial charge in [0.05, 0.1) is 18.5 Å². The number of esters is 1. The second-order valence-corrected chi connectivity index (χ2v) is 9.76. The molecule has 7 nitrogen and oxygen atoms in total. The molecular weight excluding hydrogens is 512 g/mol. The molecule has 1 atom stereocenters. The largest absolute Gasteiger partial charge is 0.467 e. The minimum absolute atomic E-state index is 0.296. The first-order valence-corrected chi connectivity index (χ1v) is 13.3. The normalized spacial score (nSPS) is 12.1. The van der Waals surface area contributed by atoms with Crippen molar-refractivity contribution >= 4 is 39.6 Å². The second-order valence-electron chi connectivity index (χ2n) is 9.76. The molecule has 0 aliphatic rings. The predicted molar refractivity (Wildman–Crippen MR) is 161 cm³/mol. The van der Waals surface area contributed by atoms with E-state index in [9.17, 15) is 9.59 Å². The van der Waals surface area contributed by atoms with Gasteiger partial charge in [-0.05, 0) is 46.7 Å². The summed E-state index contributed by atoms with van der Waals surface area (Å²) in [7, 11) is 1.32. The van der Waals surface area contributed by atoms with E-state index in [-0.39, 0.29) is 0 Å². The molecule has 2 N–H and O–H groups in total. The predicted octanol–water partition coefficient (Wildman–Crippen LogP) is 6.09. The summed E-state index contributed by atoms with van der Waals surface area (Å²) in [6, 6.07) is 31.2. The van der Waals surface area contributed by atoms with E-state index in [1.54, 1.807) is 10.8 Å². The van der Waals surface area contributed by atoms with Gasteiger partial charge in [0.15, 0.2) is 0 Å². The van der Waals surface area contributed by atoms with E-state index >= 15 is 0 Å². The van der Waals surface area contributed by atoms with E-state index in [1.807, 2.05) is 85.2 Å². The Morgan fingerprint density at radius 2 is 1.71 bits per heavy atom. The molecule has 7 heteroatoms. The Labute approximate surface area is 237 Å². The van der Waals surface area contributed by atoms with Gasteiger partial charge >= 0.3 is 5.97 Å². The Balaban J connectivity index is 1.29. The number of carbonyl (C=O) groups is 2. The molecule has 0 spiro atoms. The number of nitrogens with zero attached hydrogens (tertiary/aromatic N) is 2. The van der Waals surface area contributed by atoms with Crippen LogP contribution in [0.25, 0.3) is 44.7 Å². The van der Waals surface area contributed by atoms with Crippen LogP contribution in [0.2, 0.25) is 0 Å². The number of methoxy groups -OCH3 is 1. The fraction of sp³-hybridized carbons (Fsp3) is 0.0882. The van der Waals surface area contributed by atoms with Crippen molar-refractivity contribution in [3.8, 4) is 16.9 Å². The van der Waals surface area contributed by atoms with Gasteiger partial charge in [-0.1, -0.05) is 72.8 Å². The summed E-state index contributed by atoms with van der Waals surface area (Å²) in [5, 5.41) is 10.9. The minimum Gasteiger partial charge on any atom is -0.467 e. The number of aromatic amines is 1. The molecule has 0 unspecified atom stereocenters. The number of ether oxygens (including phenoxy) is 1. The first-order valence-electron chi connectivity index (χ1n) is 13.3. The summed E-state index contributed by atoms with van der Waals surface area (Å²) in [5.41, 5.74) is 5.24. The Morgan fingerprint density at radius 3 is 2.54 bits per heavy atom. The summed E-state index contributed by atoms with van der Waals surface area (Å²) >= 11 is 0.